The Balaban J connectivity index is 0.000000177. The second-order valence-corrected chi connectivity index (χ2v) is 16.6. The van der Waals surface area contributed by atoms with E-state index in [4.69, 9.17) is 20.0 Å². The molecule has 18 heteroatoms. The predicted molar refractivity (Wildman–Crippen MR) is 191 cm³/mol. The number of nitrogens with zero attached hydrogens (tertiary/aromatic N) is 6. The number of imide groups is 2. The Bertz CT molecular complexity index is 2190. The van der Waals surface area contributed by atoms with Gasteiger partial charge in [-0.25, -0.2) is 9.80 Å². The number of likely N-dealkylation sites (N-methyl/N-ethyl adjacent to an activating group) is 2. The summed E-state index contributed by atoms with van der Waals surface area (Å²) in [4.78, 5) is 58.3. The highest BCUT2D eigenvalue weighted by Crippen LogP contribution is 2.62. The van der Waals surface area contributed by atoms with Crippen LogP contribution in [-0.2, 0) is 41.0 Å². The first-order valence-corrected chi connectivity index (χ1v) is 18.3. The fraction of sp³-hybridized carbons (Fsp3) is 0.500. The number of halogens is 6. The molecule has 4 amide bonds. The molecule has 0 N–H and O–H groups in total. The third-order valence-corrected chi connectivity index (χ3v) is 12.1. The summed E-state index contributed by atoms with van der Waals surface area (Å²) in [5.74, 6) is -5.36. The molecule has 8 rings (SSSR count). The lowest BCUT2D eigenvalue weighted by Gasteiger charge is -2.33. The molecule has 6 aliphatic rings. The smallest absolute Gasteiger partial charge is 0.366 e. The molecule has 6 heterocycles. The van der Waals surface area contributed by atoms with Crippen molar-refractivity contribution in [3.63, 3.8) is 0 Å². The number of benzene rings is 2. The van der Waals surface area contributed by atoms with Gasteiger partial charge in [-0.3, -0.25) is 19.2 Å². The van der Waals surface area contributed by atoms with Crippen molar-refractivity contribution in [2.45, 2.75) is 61.4 Å². The first kappa shape index (κ1) is 41.0. The van der Waals surface area contributed by atoms with Gasteiger partial charge in [0.05, 0.1) is 86.2 Å². The molecule has 0 radical (unpaired) electrons. The van der Waals surface area contributed by atoms with Crippen molar-refractivity contribution in [3.05, 3.63) is 70.8 Å². The van der Waals surface area contributed by atoms with Crippen LogP contribution < -0.4 is 9.80 Å². The summed E-state index contributed by atoms with van der Waals surface area (Å²) in [6, 6.07) is 8.78. The molecule has 12 nitrogen and oxygen atoms in total. The van der Waals surface area contributed by atoms with Crippen LogP contribution in [0.3, 0.4) is 0 Å². The lowest BCUT2D eigenvalue weighted by molar-refractivity contribution is -0.138. The summed E-state index contributed by atoms with van der Waals surface area (Å²) in [6.07, 6.45) is -4.81. The van der Waals surface area contributed by atoms with Crippen LogP contribution in [0, 0.1) is 46.3 Å². The molecule has 2 aromatic rings. The molecule has 5 saturated heterocycles. The standard InChI is InChI=1S/C20H20F3N3O3.C20H18F3N3O3/c2*1-18-6-7-19(29-18,10-25(2)3)15-14(18)16(27)26(17(15)28)12-5-4-11(9-24)13(8-12)20(21,22)23/h4-5,8,14-15H,6-7,10H2,1-3H3;4-8,14-15H,10H2,1-3H3/t2*14-,15+,18?,19?/m11/s1. The van der Waals surface area contributed by atoms with E-state index in [-0.39, 0.29) is 11.4 Å². The number of amides is 4. The Morgan fingerprint density at radius 3 is 1.60 bits per heavy atom. The average molecular weight is 813 g/mol. The normalized spacial score (nSPS) is 33.2. The van der Waals surface area contributed by atoms with Crippen molar-refractivity contribution in [2.24, 2.45) is 23.7 Å². The summed E-state index contributed by atoms with van der Waals surface area (Å²) in [5, 5.41) is 18.0. The van der Waals surface area contributed by atoms with E-state index in [1.54, 1.807) is 26.0 Å². The van der Waals surface area contributed by atoms with Crippen LogP contribution in [0.15, 0.2) is 48.6 Å². The van der Waals surface area contributed by atoms with Gasteiger partial charge in [0.15, 0.2) is 0 Å². The molecule has 6 aliphatic heterocycles. The van der Waals surface area contributed by atoms with Gasteiger partial charge in [-0.1, -0.05) is 12.2 Å². The lowest BCUT2D eigenvalue weighted by Crippen LogP contribution is -2.48. The Labute approximate surface area is 329 Å². The second kappa shape index (κ2) is 13.2. The molecular weight excluding hydrogens is 774 g/mol. The Morgan fingerprint density at radius 2 is 1.14 bits per heavy atom. The summed E-state index contributed by atoms with van der Waals surface area (Å²) < 4.78 is 92.5. The highest BCUT2D eigenvalue weighted by Gasteiger charge is 2.74. The molecule has 0 aromatic heterocycles. The van der Waals surface area contributed by atoms with Gasteiger partial charge in [0.2, 0.25) is 23.6 Å². The summed E-state index contributed by atoms with van der Waals surface area (Å²) in [7, 11) is 7.31. The minimum Gasteiger partial charge on any atom is -0.366 e. The number of alkyl halides is 6. The third kappa shape index (κ3) is 6.03. The first-order valence-electron chi connectivity index (χ1n) is 18.3. The maximum atomic E-state index is 13.4. The number of fused-ring (bicyclic) bond motifs is 10. The molecule has 306 valence electrons. The third-order valence-electron chi connectivity index (χ3n) is 12.1. The van der Waals surface area contributed by atoms with E-state index >= 15 is 0 Å². The number of carbonyl (C=O) groups excluding carboxylic acids is 4. The van der Waals surface area contributed by atoms with Crippen molar-refractivity contribution in [1.82, 2.24) is 9.80 Å². The van der Waals surface area contributed by atoms with Gasteiger partial charge in [-0.2, -0.15) is 36.9 Å². The van der Waals surface area contributed by atoms with Crippen molar-refractivity contribution in [2.75, 3.05) is 51.1 Å². The van der Waals surface area contributed by atoms with Crippen molar-refractivity contribution < 1.29 is 55.0 Å². The molecule has 0 saturated carbocycles. The lowest BCUT2D eigenvalue weighted by atomic mass is 9.68. The molecule has 8 atom stereocenters. The van der Waals surface area contributed by atoms with Gasteiger partial charge < -0.3 is 19.3 Å². The zero-order valence-corrected chi connectivity index (χ0v) is 32.2. The van der Waals surface area contributed by atoms with E-state index < -0.39 is 104 Å². The highest BCUT2D eigenvalue weighted by molar-refractivity contribution is 6.24. The topological polar surface area (TPSA) is 147 Å². The number of carbonyl (C=O) groups is 4. The van der Waals surface area contributed by atoms with Crippen molar-refractivity contribution >= 4 is 35.0 Å². The number of anilines is 2. The van der Waals surface area contributed by atoms with Gasteiger partial charge in [-0.05, 0) is 91.3 Å². The van der Waals surface area contributed by atoms with Crippen molar-refractivity contribution in [3.8, 4) is 12.1 Å². The fourth-order valence-corrected chi connectivity index (χ4v) is 10.1. The second-order valence-electron chi connectivity index (χ2n) is 16.6. The zero-order valence-electron chi connectivity index (χ0n) is 32.2. The number of hydrogen-bond acceptors (Lipinski definition) is 10. The molecule has 4 bridgehead atoms. The van der Waals surface area contributed by atoms with E-state index in [1.165, 1.54) is 24.3 Å². The van der Waals surface area contributed by atoms with E-state index in [2.05, 4.69) is 0 Å². The van der Waals surface area contributed by atoms with Gasteiger partial charge in [0.1, 0.15) is 5.60 Å². The minimum atomic E-state index is -4.79. The van der Waals surface area contributed by atoms with Crippen LogP contribution in [0.25, 0.3) is 0 Å². The number of rotatable bonds is 6. The SMILES string of the molecule is CN(C)CC12C=CC(C)(O1)[C@H]1C(=O)N(c3ccc(C#N)c(C(F)(F)F)c3)C(=O)[C@H]12.CN(C)CC12CCC(C)(O1)[C@H]1C(=O)N(c3ccc(C#N)c(C(F)(F)F)c3)C(=O)[C@H]12. The maximum Gasteiger partial charge on any atom is 0.417 e. The van der Waals surface area contributed by atoms with E-state index in [1.807, 2.05) is 38.0 Å². The molecular formula is C40H38F6N6O6. The maximum absolute atomic E-state index is 13.4. The molecule has 5 fully saturated rings. The number of hydrogen-bond donors (Lipinski definition) is 0. The van der Waals surface area contributed by atoms with Crippen LogP contribution in [0.4, 0.5) is 37.7 Å². The number of nitriles is 2. The average Bonchev–Trinajstić information content (AvgIpc) is 3.91. The summed E-state index contributed by atoms with van der Waals surface area (Å²) in [6.45, 7) is 4.30. The van der Waals surface area contributed by atoms with E-state index in [0.717, 1.165) is 21.9 Å². The first-order chi connectivity index (χ1) is 26.9. The van der Waals surface area contributed by atoms with Crippen LogP contribution in [0.1, 0.15) is 48.9 Å². The fourth-order valence-electron chi connectivity index (χ4n) is 10.1. The van der Waals surface area contributed by atoms with Crippen molar-refractivity contribution in [1.29, 1.82) is 10.5 Å². The van der Waals surface area contributed by atoms with E-state index in [9.17, 15) is 45.5 Å². The zero-order chi connectivity index (χ0) is 42.7. The van der Waals surface area contributed by atoms with Gasteiger partial charge in [0, 0.05) is 13.1 Å². The van der Waals surface area contributed by atoms with Crippen LogP contribution in [0.5, 0.6) is 0 Å². The summed E-state index contributed by atoms with van der Waals surface area (Å²) in [5.41, 5.74) is -7.48. The quantitative estimate of drug-likeness (QED) is 0.224. The van der Waals surface area contributed by atoms with Gasteiger partial charge in [-0.15, -0.1) is 0 Å². The predicted octanol–water partition coefficient (Wildman–Crippen LogP) is 4.91. The van der Waals surface area contributed by atoms with E-state index in [0.29, 0.717) is 38.1 Å². The highest BCUT2D eigenvalue weighted by atomic mass is 19.4. The molecule has 58 heavy (non-hydrogen) atoms. The monoisotopic (exact) mass is 812 g/mol. The van der Waals surface area contributed by atoms with Crippen LogP contribution in [0.2, 0.25) is 0 Å². The van der Waals surface area contributed by atoms with Gasteiger partial charge >= 0.3 is 12.4 Å². The minimum absolute atomic E-state index is 0.163. The summed E-state index contributed by atoms with van der Waals surface area (Å²) >= 11 is 0. The van der Waals surface area contributed by atoms with Crippen LogP contribution >= 0.6 is 0 Å². The molecule has 2 aromatic carbocycles. The molecule has 4 unspecified atom stereocenters. The molecule has 0 spiro atoms. The Kier molecular flexibility index (Phi) is 9.33. The van der Waals surface area contributed by atoms with Gasteiger partial charge in [0.25, 0.3) is 0 Å². The molecule has 0 aliphatic carbocycles. The Morgan fingerprint density at radius 1 is 0.672 bits per heavy atom. The Hall–Kier alpha value is -5.14. The van der Waals surface area contributed by atoms with Crippen LogP contribution in [-0.4, -0.2) is 97.1 Å². The number of ether oxygens (including phenoxy) is 2. The largest absolute Gasteiger partial charge is 0.417 e.